The van der Waals surface area contributed by atoms with Gasteiger partial charge in [0.25, 0.3) is 0 Å². The number of aromatic nitrogens is 1. The van der Waals surface area contributed by atoms with Crippen LogP contribution < -0.4 is 4.90 Å². The van der Waals surface area contributed by atoms with Gasteiger partial charge in [-0.3, -0.25) is 0 Å². The molecule has 0 fully saturated rings. The van der Waals surface area contributed by atoms with Crippen LogP contribution in [0, 0.1) is 0 Å². The number of aryl methyl sites for hydroxylation is 1. The molecule has 1 aromatic rings. The molecule has 0 atom stereocenters. The number of anilines is 1. The summed E-state index contributed by atoms with van der Waals surface area (Å²) in [5.41, 5.74) is 0.652. The van der Waals surface area contributed by atoms with Crippen LogP contribution in [0.2, 0.25) is 0 Å². The van der Waals surface area contributed by atoms with Crippen LogP contribution in [0.5, 0.6) is 0 Å². The summed E-state index contributed by atoms with van der Waals surface area (Å²) in [5.74, 6) is -0.901. The molecule has 0 bridgehead atoms. The van der Waals surface area contributed by atoms with Crippen LogP contribution in [0.1, 0.15) is 36.1 Å². The maximum absolute atomic E-state index is 11.0. The third-order valence-electron chi connectivity index (χ3n) is 2.42. The van der Waals surface area contributed by atoms with Crippen LogP contribution in [0.15, 0.2) is 0 Å². The maximum atomic E-state index is 11.0. The summed E-state index contributed by atoms with van der Waals surface area (Å²) in [5, 5.41) is 9.80. The molecule has 1 rings (SSSR count). The topological polar surface area (TPSA) is 62.7 Å². The fraction of sp³-hybridized carbons (Fsp3) is 0.667. The van der Waals surface area contributed by atoms with Gasteiger partial charge in [-0.25, -0.2) is 9.78 Å². The van der Waals surface area contributed by atoms with Gasteiger partial charge in [-0.05, 0) is 20.3 Å². The van der Waals surface area contributed by atoms with E-state index in [9.17, 15) is 4.79 Å². The zero-order valence-electron chi connectivity index (χ0n) is 11.3. The lowest BCUT2D eigenvalue weighted by molar-refractivity contribution is 0.0700. The normalized spacial score (nSPS) is 10.9. The Morgan fingerprint density at radius 2 is 2.22 bits per heavy atom. The van der Waals surface area contributed by atoms with E-state index in [0.29, 0.717) is 30.1 Å². The van der Waals surface area contributed by atoms with Crippen LogP contribution in [0.25, 0.3) is 0 Å². The van der Waals surface area contributed by atoms with Crippen molar-refractivity contribution in [2.75, 3.05) is 25.1 Å². The average Bonchev–Trinajstić information content (AvgIpc) is 2.72. The van der Waals surface area contributed by atoms with Gasteiger partial charge in [0.1, 0.15) is 4.88 Å². The second-order valence-corrected chi connectivity index (χ2v) is 5.25. The van der Waals surface area contributed by atoms with Gasteiger partial charge >= 0.3 is 5.97 Å². The molecule has 0 spiro atoms. The first-order chi connectivity index (χ1) is 8.45. The number of nitrogens with zero attached hydrogens (tertiary/aromatic N) is 2. The minimum absolute atomic E-state index is 0.204. The van der Waals surface area contributed by atoms with E-state index < -0.39 is 5.97 Å². The summed E-state index contributed by atoms with van der Waals surface area (Å²) < 4.78 is 5.46. The van der Waals surface area contributed by atoms with Crippen LogP contribution in [0.4, 0.5) is 5.13 Å². The molecule has 0 aliphatic heterocycles. The van der Waals surface area contributed by atoms with Gasteiger partial charge < -0.3 is 14.7 Å². The lowest BCUT2D eigenvalue weighted by Crippen LogP contribution is -2.23. The first-order valence-electron chi connectivity index (χ1n) is 6.01. The fourth-order valence-electron chi connectivity index (χ4n) is 1.43. The Kier molecular flexibility index (Phi) is 5.55. The number of ether oxygens (including phenoxy) is 1. The summed E-state index contributed by atoms with van der Waals surface area (Å²) >= 11 is 1.22. The second kappa shape index (κ2) is 6.70. The number of carboxylic acids is 1. The van der Waals surface area contributed by atoms with Gasteiger partial charge in [-0.15, -0.1) is 0 Å². The van der Waals surface area contributed by atoms with Crippen molar-refractivity contribution in [3.63, 3.8) is 0 Å². The lowest BCUT2D eigenvalue weighted by atomic mass is 10.3. The van der Waals surface area contributed by atoms with Crippen LogP contribution in [0.3, 0.4) is 0 Å². The SMILES string of the molecule is CCc1nc(N(C)CCOC(C)C)sc1C(=O)O. The first kappa shape index (κ1) is 14.9. The largest absolute Gasteiger partial charge is 0.477 e. The second-order valence-electron chi connectivity index (χ2n) is 4.27. The summed E-state index contributed by atoms with van der Waals surface area (Å²) in [6, 6.07) is 0. The Balaban J connectivity index is 2.68. The number of carboxylic acid groups (broad SMARTS) is 1. The molecule has 0 aromatic carbocycles. The van der Waals surface area contributed by atoms with E-state index >= 15 is 0 Å². The molecule has 18 heavy (non-hydrogen) atoms. The van der Waals surface area contributed by atoms with Crippen molar-refractivity contribution < 1.29 is 14.6 Å². The van der Waals surface area contributed by atoms with Crippen molar-refractivity contribution in [1.29, 1.82) is 0 Å². The van der Waals surface area contributed by atoms with E-state index in [1.165, 1.54) is 11.3 Å². The lowest BCUT2D eigenvalue weighted by Gasteiger charge is -2.16. The van der Waals surface area contributed by atoms with Gasteiger partial charge in [0.05, 0.1) is 18.4 Å². The number of rotatable bonds is 7. The van der Waals surface area contributed by atoms with E-state index in [4.69, 9.17) is 9.84 Å². The van der Waals surface area contributed by atoms with E-state index in [1.54, 1.807) is 0 Å². The predicted octanol–water partition coefficient (Wildman–Crippen LogP) is 2.26. The zero-order valence-corrected chi connectivity index (χ0v) is 12.1. The van der Waals surface area contributed by atoms with Crippen molar-refractivity contribution in [3.05, 3.63) is 10.6 Å². The Morgan fingerprint density at radius 1 is 1.56 bits per heavy atom. The number of hydrogen-bond acceptors (Lipinski definition) is 5. The monoisotopic (exact) mass is 272 g/mol. The molecular weight excluding hydrogens is 252 g/mol. The standard InChI is InChI=1S/C12H20N2O3S/c1-5-9-10(11(15)16)18-12(13-9)14(4)6-7-17-8(2)3/h8H,5-7H2,1-4H3,(H,15,16). The van der Waals surface area contributed by atoms with Crippen molar-refractivity contribution in [2.45, 2.75) is 33.3 Å². The smallest absolute Gasteiger partial charge is 0.347 e. The van der Waals surface area contributed by atoms with E-state index in [2.05, 4.69) is 4.98 Å². The van der Waals surface area contributed by atoms with Crippen LogP contribution in [-0.2, 0) is 11.2 Å². The zero-order chi connectivity index (χ0) is 13.7. The molecule has 1 N–H and O–H groups in total. The highest BCUT2D eigenvalue weighted by atomic mass is 32.1. The molecule has 0 radical (unpaired) electrons. The van der Waals surface area contributed by atoms with E-state index in [-0.39, 0.29) is 6.10 Å². The number of thiazole rings is 1. The maximum Gasteiger partial charge on any atom is 0.347 e. The quantitative estimate of drug-likeness (QED) is 0.825. The third-order valence-corrected chi connectivity index (χ3v) is 3.62. The number of carbonyl (C=O) groups is 1. The predicted molar refractivity (Wildman–Crippen MR) is 72.8 cm³/mol. The summed E-state index contributed by atoms with van der Waals surface area (Å²) in [7, 11) is 1.90. The molecule has 0 amide bonds. The first-order valence-corrected chi connectivity index (χ1v) is 6.83. The molecule has 0 unspecified atom stereocenters. The molecular formula is C12H20N2O3S. The van der Waals surface area contributed by atoms with Gasteiger partial charge in [-0.2, -0.15) is 0 Å². The van der Waals surface area contributed by atoms with Gasteiger partial charge in [0.2, 0.25) is 0 Å². The number of hydrogen-bond donors (Lipinski definition) is 1. The molecule has 1 heterocycles. The highest BCUT2D eigenvalue weighted by Crippen LogP contribution is 2.25. The highest BCUT2D eigenvalue weighted by Gasteiger charge is 2.17. The average molecular weight is 272 g/mol. The van der Waals surface area contributed by atoms with Gasteiger partial charge in [0, 0.05) is 13.6 Å². The summed E-state index contributed by atoms with van der Waals surface area (Å²) in [6.45, 7) is 7.20. The highest BCUT2D eigenvalue weighted by molar-refractivity contribution is 7.17. The molecule has 5 nitrogen and oxygen atoms in total. The van der Waals surface area contributed by atoms with Gasteiger partial charge in [0.15, 0.2) is 5.13 Å². The Hall–Kier alpha value is -1.14. The van der Waals surface area contributed by atoms with Crippen molar-refractivity contribution in [1.82, 2.24) is 4.98 Å². The Labute approximate surface area is 111 Å². The Bertz CT molecular complexity index is 404. The van der Waals surface area contributed by atoms with Crippen molar-refractivity contribution in [2.24, 2.45) is 0 Å². The molecule has 0 aliphatic carbocycles. The minimum Gasteiger partial charge on any atom is -0.477 e. The number of likely N-dealkylation sites (N-methyl/N-ethyl adjacent to an activating group) is 1. The van der Waals surface area contributed by atoms with E-state index in [1.807, 2.05) is 32.7 Å². The molecule has 0 aliphatic rings. The molecule has 0 saturated carbocycles. The summed E-state index contributed by atoms with van der Waals surface area (Å²) in [6.07, 6.45) is 0.838. The fourth-order valence-corrected chi connectivity index (χ4v) is 2.41. The molecule has 1 aromatic heterocycles. The van der Waals surface area contributed by atoms with Crippen molar-refractivity contribution in [3.8, 4) is 0 Å². The van der Waals surface area contributed by atoms with Crippen LogP contribution in [-0.4, -0.2) is 42.4 Å². The van der Waals surface area contributed by atoms with E-state index in [0.717, 1.165) is 5.13 Å². The summed E-state index contributed by atoms with van der Waals surface area (Å²) in [4.78, 5) is 17.7. The molecule has 6 heteroatoms. The number of aromatic carboxylic acids is 1. The third kappa shape index (κ3) is 3.96. The minimum atomic E-state index is -0.901. The molecule has 0 saturated heterocycles. The van der Waals surface area contributed by atoms with Crippen LogP contribution >= 0.6 is 11.3 Å². The Morgan fingerprint density at radius 3 is 2.67 bits per heavy atom. The molecule has 102 valence electrons. The van der Waals surface area contributed by atoms with Crippen molar-refractivity contribution >= 4 is 22.4 Å². The van der Waals surface area contributed by atoms with Gasteiger partial charge in [-0.1, -0.05) is 18.3 Å².